The Morgan fingerprint density at radius 3 is 2.77 bits per heavy atom. The van der Waals surface area contributed by atoms with E-state index in [2.05, 4.69) is 0 Å². The minimum absolute atomic E-state index is 0.159. The molecule has 1 saturated heterocycles. The molecular weight excluding hydrogens is 476 g/mol. The summed E-state index contributed by atoms with van der Waals surface area (Å²) in [6.07, 6.45) is 0.842. The highest BCUT2D eigenvalue weighted by atomic mass is 32.1. The Balaban J connectivity index is 1.57. The van der Waals surface area contributed by atoms with Gasteiger partial charge >= 0.3 is 0 Å². The summed E-state index contributed by atoms with van der Waals surface area (Å²) in [6, 6.07) is 10.9. The first kappa shape index (κ1) is 20.6. The van der Waals surface area contributed by atoms with Crippen LogP contribution in [0.1, 0.15) is 27.7 Å². The van der Waals surface area contributed by atoms with E-state index in [4.69, 9.17) is 4.74 Å². The van der Waals surface area contributed by atoms with E-state index in [0.29, 0.717) is 17.0 Å². The number of amides is 1. The molecule has 2 aromatic carbocycles. The molecule has 2 atom stereocenters. The number of thiophene rings is 1. The molecule has 7 rings (SSSR count). The fourth-order valence-corrected chi connectivity index (χ4v) is 6.80. The third kappa shape index (κ3) is 2.60. The molecule has 35 heavy (non-hydrogen) atoms. The number of aromatic hydroxyl groups is 1. The second kappa shape index (κ2) is 7.12. The third-order valence-electron chi connectivity index (χ3n) is 7.00. The predicted octanol–water partition coefficient (Wildman–Crippen LogP) is 3.57. The van der Waals surface area contributed by atoms with E-state index in [0.717, 1.165) is 21.7 Å². The van der Waals surface area contributed by atoms with Crippen LogP contribution in [0.2, 0.25) is 0 Å². The number of pyridine rings is 1. The lowest BCUT2D eigenvalue weighted by atomic mass is 10.0. The van der Waals surface area contributed by atoms with Crippen LogP contribution in [-0.2, 0) is 4.74 Å². The largest absolute Gasteiger partial charge is 0.502 e. The Labute approximate surface area is 201 Å². The van der Waals surface area contributed by atoms with E-state index >= 15 is 4.39 Å². The van der Waals surface area contributed by atoms with Gasteiger partial charge in [0.05, 0.1) is 13.2 Å². The number of hydrogen-bond acceptors (Lipinski definition) is 6. The second-order valence-corrected chi connectivity index (χ2v) is 9.78. The van der Waals surface area contributed by atoms with Gasteiger partial charge < -0.3 is 14.7 Å². The summed E-state index contributed by atoms with van der Waals surface area (Å²) in [5, 5.41) is 13.3. The molecule has 2 aromatic heterocycles. The van der Waals surface area contributed by atoms with Crippen molar-refractivity contribution in [2.24, 2.45) is 0 Å². The molecule has 0 spiro atoms. The number of carbonyl (C=O) groups is 1. The van der Waals surface area contributed by atoms with Crippen LogP contribution in [0.15, 0.2) is 53.5 Å². The first-order valence-corrected chi connectivity index (χ1v) is 11.9. The normalized spacial score (nSPS) is 20.6. The van der Waals surface area contributed by atoms with Gasteiger partial charge in [0, 0.05) is 39.5 Å². The minimum Gasteiger partial charge on any atom is -0.502 e. The van der Waals surface area contributed by atoms with Crippen LogP contribution < -0.4 is 10.4 Å². The lowest BCUT2D eigenvalue weighted by Gasteiger charge is -2.50. The number of halogens is 2. The summed E-state index contributed by atoms with van der Waals surface area (Å²) >= 11 is 1.38. The Hall–Kier alpha value is -3.76. The Bertz CT molecular complexity index is 1630. The van der Waals surface area contributed by atoms with Crippen molar-refractivity contribution in [3.05, 3.63) is 87.3 Å². The van der Waals surface area contributed by atoms with E-state index in [-0.39, 0.29) is 24.4 Å². The number of morpholine rings is 1. The second-order valence-electron chi connectivity index (χ2n) is 8.73. The van der Waals surface area contributed by atoms with Crippen molar-refractivity contribution < 1.29 is 23.4 Å². The number of benzene rings is 2. The summed E-state index contributed by atoms with van der Waals surface area (Å²) in [5.74, 6) is -2.99. The van der Waals surface area contributed by atoms with Gasteiger partial charge in [-0.3, -0.25) is 19.3 Å². The van der Waals surface area contributed by atoms with E-state index in [1.165, 1.54) is 28.3 Å². The summed E-state index contributed by atoms with van der Waals surface area (Å²) in [7, 11) is 0. The van der Waals surface area contributed by atoms with Gasteiger partial charge in [0.1, 0.15) is 12.2 Å². The van der Waals surface area contributed by atoms with E-state index in [1.807, 2.05) is 29.3 Å². The first-order chi connectivity index (χ1) is 17.0. The van der Waals surface area contributed by atoms with Crippen molar-refractivity contribution >= 4 is 27.3 Å². The lowest BCUT2D eigenvalue weighted by molar-refractivity contribution is -0.0195. The molecule has 0 bridgehead atoms. The average molecular weight is 493 g/mol. The van der Waals surface area contributed by atoms with Gasteiger partial charge in [0.2, 0.25) is 5.43 Å². The molecule has 1 amide bonds. The average Bonchev–Trinajstić information content (AvgIpc) is 3.39. The summed E-state index contributed by atoms with van der Waals surface area (Å²) < 4.78 is 37.8. The fraction of sp³-hybridized carbons (Fsp3) is 0.200. The van der Waals surface area contributed by atoms with Gasteiger partial charge in [-0.2, -0.15) is 0 Å². The van der Waals surface area contributed by atoms with Crippen molar-refractivity contribution in [3.8, 4) is 16.2 Å². The molecule has 10 heteroatoms. The highest BCUT2D eigenvalue weighted by Crippen LogP contribution is 2.55. The molecule has 0 radical (unpaired) electrons. The van der Waals surface area contributed by atoms with Gasteiger partial charge in [-0.15, -0.1) is 11.3 Å². The van der Waals surface area contributed by atoms with Gasteiger partial charge in [-0.1, -0.05) is 24.3 Å². The van der Waals surface area contributed by atoms with Crippen LogP contribution >= 0.6 is 11.3 Å². The number of nitrogens with zero attached hydrogens (tertiary/aromatic N) is 3. The van der Waals surface area contributed by atoms with Crippen molar-refractivity contribution in [2.75, 3.05) is 24.8 Å². The maximum atomic E-state index is 15.3. The van der Waals surface area contributed by atoms with E-state index in [9.17, 15) is 19.1 Å². The molecule has 0 unspecified atom stereocenters. The third-order valence-corrected chi connectivity index (χ3v) is 8.20. The topological polar surface area (TPSA) is 75.0 Å². The number of rotatable bonds is 1. The summed E-state index contributed by atoms with van der Waals surface area (Å²) in [5.41, 5.74) is 0.692. The SMILES string of the molecule is O=C1c2c(O)c(=O)ccn2N([C@H]2c3ccc(F)c(F)c3-c3sc4ccccc4c32)[C@@H]2COCCN12. The van der Waals surface area contributed by atoms with Crippen LogP contribution in [0.3, 0.4) is 0 Å². The van der Waals surface area contributed by atoms with Crippen LogP contribution in [0.25, 0.3) is 20.5 Å². The Morgan fingerprint density at radius 2 is 1.91 bits per heavy atom. The van der Waals surface area contributed by atoms with Crippen LogP contribution in [-0.4, -0.2) is 46.5 Å². The quantitative estimate of drug-likeness (QED) is 0.439. The zero-order valence-corrected chi connectivity index (χ0v) is 18.9. The maximum absolute atomic E-state index is 15.3. The first-order valence-electron chi connectivity index (χ1n) is 11.1. The number of ether oxygens (including phenoxy) is 1. The molecular formula is C25H17F2N3O4S. The van der Waals surface area contributed by atoms with Crippen molar-refractivity contribution in [1.29, 1.82) is 0 Å². The van der Waals surface area contributed by atoms with Crippen molar-refractivity contribution in [2.45, 2.75) is 12.2 Å². The Kier molecular flexibility index (Phi) is 4.19. The zero-order valence-electron chi connectivity index (χ0n) is 18.1. The molecule has 4 aromatic rings. The van der Waals surface area contributed by atoms with Gasteiger partial charge in [-0.25, -0.2) is 8.78 Å². The molecule has 4 heterocycles. The highest BCUT2D eigenvalue weighted by Gasteiger charge is 2.48. The van der Waals surface area contributed by atoms with Crippen LogP contribution in [0.5, 0.6) is 5.75 Å². The maximum Gasteiger partial charge on any atom is 0.278 e. The smallest absolute Gasteiger partial charge is 0.278 e. The molecule has 3 aliphatic rings. The van der Waals surface area contributed by atoms with Crippen LogP contribution in [0.4, 0.5) is 8.78 Å². The number of aromatic nitrogens is 1. The monoisotopic (exact) mass is 493 g/mol. The summed E-state index contributed by atoms with van der Waals surface area (Å²) in [4.78, 5) is 27.8. The van der Waals surface area contributed by atoms with E-state index < -0.39 is 40.9 Å². The van der Waals surface area contributed by atoms with Crippen molar-refractivity contribution in [3.63, 3.8) is 0 Å². The van der Waals surface area contributed by atoms with Crippen molar-refractivity contribution in [1.82, 2.24) is 9.58 Å². The predicted molar refractivity (Wildman–Crippen MR) is 125 cm³/mol. The molecule has 176 valence electrons. The zero-order chi connectivity index (χ0) is 24.0. The van der Waals surface area contributed by atoms with Gasteiger partial charge in [0.25, 0.3) is 5.91 Å². The van der Waals surface area contributed by atoms with Gasteiger partial charge in [-0.05, 0) is 23.1 Å². The standard InChI is InChI=1S/C25H17F2N3O4S/c26-14-6-5-13-18(20(14)27)24-19(12-3-1-2-4-16(12)35-24)21(13)30-17-11-34-10-9-28(17)25(33)22-23(32)15(31)7-8-29(22)30/h1-8,17,21,32H,9-11H2/t17-,21+/m1/s1. The molecule has 1 aliphatic carbocycles. The number of carbonyl (C=O) groups excluding carboxylic acids is 1. The number of fused-ring (bicyclic) bond motifs is 7. The molecule has 1 N–H and O–H groups in total. The number of hydrogen-bond donors (Lipinski definition) is 1. The fourth-order valence-electron chi connectivity index (χ4n) is 5.51. The highest BCUT2D eigenvalue weighted by molar-refractivity contribution is 7.22. The molecule has 2 aliphatic heterocycles. The molecule has 7 nitrogen and oxygen atoms in total. The molecule has 0 saturated carbocycles. The van der Waals surface area contributed by atoms with Crippen LogP contribution in [0, 0.1) is 11.6 Å². The van der Waals surface area contributed by atoms with E-state index in [1.54, 1.807) is 11.0 Å². The Morgan fingerprint density at radius 1 is 1.09 bits per heavy atom. The minimum atomic E-state index is -0.939. The molecule has 1 fully saturated rings. The lowest BCUT2D eigenvalue weighted by Crippen LogP contribution is -2.66. The van der Waals surface area contributed by atoms with Gasteiger partial charge in [0.15, 0.2) is 23.1 Å². The summed E-state index contributed by atoms with van der Waals surface area (Å²) in [6.45, 7) is 0.740.